The van der Waals surface area contributed by atoms with Gasteiger partial charge in [-0.2, -0.15) is 0 Å². The van der Waals surface area contributed by atoms with E-state index in [-0.39, 0.29) is 11.4 Å². The quantitative estimate of drug-likeness (QED) is 0.831. The van der Waals surface area contributed by atoms with Gasteiger partial charge in [0.05, 0.1) is 4.90 Å². The molecule has 1 aromatic heterocycles. The fourth-order valence-corrected chi connectivity index (χ4v) is 3.60. The summed E-state index contributed by atoms with van der Waals surface area (Å²) >= 11 is 3.20. The first-order valence-electron chi connectivity index (χ1n) is 5.42. The molecule has 5 nitrogen and oxygen atoms in total. The number of rotatable bonds is 4. The number of sulfonamides is 1. The van der Waals surface area contributed by atoms with Gasteiger partial charge >= 0.3 is 0 Å². The van der Waals surface area contributed by atoms with Crippen molar-refractivity contribution in [2.45, 2.75) is 11.4 Å². The number of nitrogens with one attached hydrogen (secondary N) is 1. The molecule has 3 N–H and O–H groups in total. The van der Waals surface area contributed by atoms with Crippen LogP contribution < -0.4 is 10.5 Å². The first-order chi connectivity index (χ1) is 8.99. The van der Waals surface area contributed by atoms with Crippen molar-refractivity contribution >= 4 is 31.6 Å². The Balaban J connectivity index is 2.19. The second-order valence-corrected chi connectivity index (χ2v) is 6.46. The summed E-state index contributed by atoms with van der Waals surface area (Å²) in [5, 5.41) is 0. The highest BCUT2D eigenvalue weighted by Crippen LogP contribution is 2.24. The number of nitrogens with two attached hydrogens (primary N) is 1. The van der Waals surface area contributed by atoms with E-state index in [0.717, 1.165) is 5.56 Å². The summed E-state index contributed by atoms with van der Waals surface area (Å²) < 4.78 is 27.2. The van der Waals surface area contributed by atoms with Crippen LogP contribution in [0.5, 0.6) is 0 Å². The minimum absolute atomic E-state index is 0.163. The van der Waals surface area contributed by atoms with Crippen LogP contribution in [0.4, 0.5) is 5.69 Å². The largest absolute Gasteiger partial charge is 0.399 e. The summed E-state index contributed by atoms with van der Waals surface area (Å²) in [6, 6.07) is 8.07. The summed E-state index contributed by atoms with van der Waals surface area (Å²) in [5.74, 6) is 0. The molecule has 0 aliphatic rings. The second-order valence-electron chi connectivity index (χ2n) is 3.87. The molecule has 0 unspecified atom stereocenters. The topological polar surface area (TPSA) is 85.1 Å². The van der Waals surface area contributed by atoms with E-state index in [4.69, 9.17) is 5.73 Å². The highest BCUT2D eigenvalue weighted by Gasteiger charge is 2.17. The van der Waals surface area contributed by atoms with E-state index in [9.17, 15) is 8.42 Å². The third-order valence-electron chi connectivity index (χ3n) is 2.46. The van der Waals surface area contributed by atoms with Crippen LogP contribution in [0.25, 0.3) is 0 Å². The molecule has 0 aliphatic heterocycles. The van der Waals surface area contributed by atoms with Crippen LogP contribution in [-0.2, 0) is 16.6 Å². The molecule has 0 radical (unpaired) electrons. The van der Waals surface area contributed by atoms with Gasteiger partial charge in [0.2, 0.25) is 10.0 Å². The van der Waals surface area contributed by atoms with E-state index < -0.39 is 10.0 Å². The van der Waals surface area contributed by atoms with Crippen molar-refractivity contribution in [3.05, 3.63) is 52.8 Å². The van der Waals surface area contributed by atoms with Crippen molar-refractivity contribution in [3.63, 3.8) is 0 Å². The van der Waals surface area contributed by atoms with Crippen molar-refractivity contribution in [3.8, 4) is 0 Å². The normalized spacial score (nSPS) is 11.4. The summed E-state index contributed by atoms with van der Waals surface area (Å²) in [6.45, 7) is 0.210. The van der Waals surface area contributed by atoms with Crippen molar-refractivity contribution < 1.29 is 8.42 Å². The van der Waals surface area contributed by atoms with E-state index in [2.05, 4.69) is 25.6 Å². The number of halogens is 1. The average molecular weight is 342 g/mol. The maximum absolute atomic E-state index is 12.1. The lowest BCUT2D eigenvalue weighted by molar-refractivity contribution is 0.581. The second kappa shape index (κ2) is 5.68. The lowest BCUT2D eigenvalue weighted by Gasteiger charge is -2.09. The Bertz CT molecular complexity index is 675. The minimum Gasteiger partial charge on any atom is -0.399 e. The first-order valence-corrected chi connectivity index (χ1v) is 7.70. The third kappa shape index (κ3) is 3.52. The molecule has 1 aromatic carbocycles. The molecule has 0 saturated heterocycles. The van der Waals surface area contributed by atoms with Gasteiger partial charge in [-0.1, -0.05) is 0 Å². The molecule has 7 heteroatoms. The number of benzene rings is 1. The van der Waals surface area contributed by atoms with E-state index in [0.29, 0.717) is 10.2 Å². The molecular weight excluding hydrogens is 330 g/mol. The van der Waals surface area contributed by atoms with Crippen LogP contribution in [0, 0.1) is 0 Å². The summed E-state index contributed by atoms with van der Waals surface area (Å²) in [7, 11) is -3.58. The first kappa shape index (κ1) is 14.0. The van der Waals surface area contributed by atoms with Crippen molar-refractivity contribution in [2.75, 3.05) is 5.73 Å². The van der Waals surface area contributed by atoms with Gasteiger partial charge in [0.15, 0.2) is 0 Å². The molecule has 19 heavy (non-hydrogen) atoms. The minimum atomic E-state index is -3.58. The lowest BCUT2D eigenvalue weighted by Crippen LogP contribution is -2.23. The zero-order chi connectivity index (χ0) is 13.9. The van der Waals surface area contributed by atoms with Crippen molar-refractivity contribution in [1.82, 2.24) is 9.71 Å². The Morgan fingerprint density at radius 1 is 1.21 bits per heavy atom. The molecule has 2 aromatic rings. The fraction of sp³-hybridized carbons (Fsp3) is 0.0833. The molecule has 0 amide bonds. The van der Waals surface area contributed by atoms with Crippen LogP contribution in [0.3, 0.4) is 0 Å². The van der Waals surface area contributed by atoms with Crippen LogP contribution in [0.2, 0.25) is 0 Å². The molecular formula is C12H12BrN3O2S. The predicted octanol–water partition coefficient (Wildman–Crippen LogP) is 1.90. The monoisotopic (exact) mass is 341 g/mol. The van der Waals surface area contributed by atoms with Crippen LogP contribution >= 0.6 is 15.9 Å². The van der Waals surface area contributed by atoms with Crippen molar-refractivity contribution in [1.29, 1.82) is 0 Å². The Hall–Kier alpha value is -1.44. The lowest BCUT2D eigenvalue weighted by atomic mass is 10.3. The Kier molecular flexibility index (Phi) is 4.18. The number of hydrogen-bond donors (Lipinski definition) is 2. The maximum atomic E-state index is 12.1. The molecule has 0 saturated carbocycles. The van der Waals surface area contributed by atoms with Gasteiger partial charge in [0.1, 0.15) is 0 Å². The van der Waals surface area contributed by atoms with Crippen molar-refractivity contribution in [2.24, 2.45) is 0 Å². The van der Waals surface area contributed by atoms with Gasteiger partial charge in [-0.05, 0) is 51.8 Å². The predicted molar refractivity (Wildman–Crippen MR) is 76.8 cm³/mol. The zero-order valence-electron chi connectivity index (χ0n) is 9.88. The molecule has 2 rings (SSSR count). The number of nitrogens with zero attached hydrogens (tertiary/aromatic N) is 1. The average Bonchev–Trinajstić information content (AvgIpc) is 2.37. The highest BCUT2D eigenvalue weighted by molar-refractivity contribution is 9.10. The van der Waals surface area contributed by atoms with E-state index >= 15 is 0 Å². The SMILES string of the molecule is Nc1ccc(S(=O)(=O)NCc2ccncc2)c(Br)c1. The number of pyridine rings is 1. The molecule has 0 bridgehead atoms. The highest BCUT2D eigenvalue weighted by atomic mass is 79.9. The number of aromatic nitrogens is 1. The molecule has 0 atom stereocenters. The standard InChI is InChI=1S/C12H12BrN3O2S/c13-11-7-10(14)1-2-12(11)19(17,18)16-8-9-3-5-15-6-4-9/h1-7,16H,8,14H2. The van der Waals surface area contributed by atoms with Gasteiger partial charge in [-0.15, -0.1) is 0 Å². The van der Waals surface area contributed by atoms with Crippen LogP contribution in [0.1, 0.15) is 5.56 Å². The molecule has 0 fully saturated rings. The van der Waals surface area contributed by atoms with Crippen LogP contribution in [-0.4, -0.2) is 13.4 Å². The van der Waals surface area contributed by atoms with Gasteiger partial charge in [-0.25, -0.2) is 13.1 Å². The third-order valence-corrected chi connectivity index (χ3v) is 4.84. The fourth-order valence-electron chi connectivity index (χ4n) is 1.49. The van der Waals surface area contributed by atoms with E-state index in [1.165, 1.54) is 6.07 Å². The Morgan fingerprint density at radius 2 is 1.89 bits per heavy atom. The summed E-state index contributed by atoms with van der Waals surface area (Å²) in [5.41, 5.74) is 6.92. The maximum Gasteiger partial charge on any atom is 0.241 e. The molecule has 100 valence electrons. The zero-order valence-corrected chi connectivity index (χ0v) is 12.3. The van der Waals surface area contributed by atoms with E-state index in [1.54, 1.807) is 36.7 Å². The van der Waals surface area contributed by atoms with Gasteiger partial charge < -0.3 is 5.73 Å². The van der Waals surface area contributed by atoms with Gasteiger partial charge in [-0.3, -0.25) is 4.98 Å². The molecule has 0 aliphatic carbocycles. The number of anilines is 1. The van der Waals surface area contributed by atoms with E-state index in [1.807, 2.05) is 0 Å². The van der Waals surface area contributed by atoms with Gasteiger partial charge in [0.25, 0.3) is 0 Å². The summed E-state index contributed by atoms with van der Waals surface area (Å²) in [4.78, 5) is 4.04. The molecule has 1 heterocycles. The van der Waals surface area contributed by atoms with Gasteiger partial charge in [0, 0.05) is 29.1 Å². The Morgan fingerprint density at radius 3 is 2.53 bits per heavy atom. The smallest absolute Gasteiger partial charge is 0.241 e. The Labute approximate surface area is 120 Å². The summed E-state index contributed by atoms with van der Waals surface area (Å²) in [6.07, 6.45) is 3.23. The van der Waals surface area contributed by atoms with Crippen LogP contribution in [0.15, 0.2) is 52.1 Å². The number of hydrogen-bond acceptors (Lipinski definition) is 4. The molecule has 0 spiro atoms. The number of nitrogen functional groups attached to an aromatic ring is 1.